The van der Waals surface area contributed by atoms with Crippen LogP contribution in [0.1, 0.15) is 18.9 Å². The van der Waals surface area contributed by atoms with E-state index < -0.39 is 0 Å². The van der Waals surface area contributed by atoms with E-state index in [1.807, 2.05) is 6.07 Å². The molecule has 1 aromatic rings. The van der Waals surface area contributed by atoms with E-state index >= 15 is 0 Å². The normalized spacial score (nSPS) is 12.7. The van der Waals surface area contributed by atoms with Crippen molar-refractivity contribution in [3.05, 3.63) is 35.6 Å². The minimum absolute atomic E-state index is 0.180. The zero-order chi connectivity index (χ0) is 11.1. The number of rotatable bonds is 6. The molecule has 0 radical (unpaired) electrons. The molecule has 0 saturated carbocycles. The molecule has 0 aliphatic carbocycles. The third kappa shape index (κ3) is 4.40. The predicted octanol–water partition coefficient (Wildman–Crippen LogP) is 1.90. The third-order valence-electron chi connectivity index (χ3n) is 2.56. The van der Waals surface area contributed by atoms with Crippen molar-refractivity contribution in [3.8, 4) is 0 Å². The van der Waals surface area contributed by atoms with Crippen LogP contribution in [-0.4, -0.2) is 13.1 Å². The molecule has 0 fully saturated rings. The highest BCUT2D eigenvalue weighted by Gasteiger charge is 2.02. The summed E-state index contributed by atoms with van der Waals surface area (Å²) in [5.74, 6) is 0.332. The molecule has 0 saturated heterocycles. The largest absolute Gasteiger partial charge is 0.330 e. The Balaban J connectivity index is 2.31. The molecule has 0 aromatic heterocycles. The second-order valence-corrected chi connectivity index (χ2v) is 3.77. The van der Waals surface area contributed by atoms with Crippen LogP contribution in [-0.2, 0) is 6.54 Å². The molecule has 1 atom stereocenters. The van der Waals surface area contributed by atoms with Gasteiger partial charge in [-0.3, -0.25) is 0 Å². The van der Waals surface area contributed by atoms with E-state index in [0.717, 1.165) is 18.5 Å². The first kappa shape index (κ1) is 12.1. The van der Waals surface area contributed by atoms with Crippen molar-refractivity contribution in [1.29, 1.82) is 0 Å². The number of nitrogens with one attached hydrogen (secondary N) is 1. The van der Waals surface area contributed by atoms with Crippen molar-refractivity contribution < 1.29 is 4.39 Å². The Bertz CT molecular complexity index is 285. The molecule has 3 N–H and O–H groups in total. The monoisotopic (exact) mass is 210 g/mol. The molecule has 1 unspecified atom stereocenters. The van der Waals surface area contributed by atoms with Crippen LogP contribution in [0, 0.1) is 11.7 Å². The van der Waals surface area contributed by atoms with Crippen LogP contribution >= 0.6 is 0 Å². The molecule has 0 aliphatic rings. The maximum absolute atomic E-state index is 12.8. The fraction of sp³-hybridized carbons (Fsp3) is 0.500. The SMILES string of the molecule is CCC(CN)CNCc1cccc(F)c1. The number of nitrogens with two attached hydrogens (primary N) is 1. The first-order valence-electron chi connectivity index (χ1n) is 5.41. The Morgan fingerprint density at radius 2 is 2.27 bits per heavy atom. The van der Waals surface area contributed by atoms with Crippen molar-refractivity contribution in [2.75, 3.05) is 13.1 Å². The number of hydrogen-bond acceptors (Lipinski definition) is 2. The first-order chi connectivity index (χ1) is 7.26. The molecule has 1 rings (SSSR count). The molecule has 0 spiro atoms. The van der Waals surface area contributed by atoms with Crippen molar-refractivity contribution >= 4 is 0 Å². The Kier molecular flexibility index (Phi) is 5.29. The van der Waals surface area contributed by atoms with Gasteiger partial charge in [-0.05, 0) is 36.7 Å². The second-order valence-electron chi connectivity index (χ2n) is 3.77. The lowest BCUT2D eigenvalue weighted by molar-refractivity contribution is 0.471. The molecule has 0 aliphatic heterocycles. The Morgan fingerprint density at radius 1 is 1.47 bits per heavy atom. The van der Waals surface area contributed by atoms with E-state index in [1.165, 1.54) is 6.07 Å². The van der Waals surface area contributed by atoms with Gasteiger partial charge in [0.15, 0.2) is 0 Å². The average molecular weight is 210 g/mol. The maximum atomic E-state index is 12.8. The highest BCUT2D eigenvalue weighted by molar-refractivity contribution is 5.15. The van der Waals surface area contributed by atoms with Crippen LogP contribution in [0.15, 0.2) is 24.3 Å². The molecular weight excluding hydrogens is 191 g/mol. The second kappa shape index (κ2) is 6.53. The fourth-order valence-corrected chi connectivity index (χ4v) is 1.46. The summed E-state index contributed by atoms with van der Waals surface area (Å²) in [4.78, 5) is 0. The van der Waals surface area contributed by atoms with Crippen molar-refractivity contribution in [2.45, 2.75) is 19.9 Å². The minimum atomic E-state index is -0.180. The highest BCUT2D eigenvalue weighted by atomic mass is 19.1. The van der Waals surface area contributed by atoms with Crippen LogP contribution < -0.4 is 11.1 Å². The van der Waals surface area contributed by atoms with Crippen molar-refractivity contribution in [3.63, 3.8) is 0 Å². The van der Waals surface area contributed by atoms with E-state index in [1.54, 1.807) is 12.1 Å². The van der Waals surface area contributed by atoms with Crippen LogP contribution in [0.5, 0.6) is 0 Å². The lowest BCUT2D eigenvalue weighted by atomic mass is 10.1. The fourth-order valence-electron chi connectivity index (χ4n) is 1.46. The van der Waals surface area contributed by atoms with Crippen LogP contribution in [0.2, 0.25) is 0 Å². The summed E-state index contributed by atoms with van der Waals surface area (Å²) in [6.45, 7) is 4.42. The molecule has 0 bridgehead atoms. The van der Waals surface area contributed by atoms with Crippen LogP contribution in [0.25, 0.3) is 0 Å². The first-order valence-corrected chi connectivity index (χ1v) is 5.41. The Hall–Kier alpha value is -0.930. The van der Waals surface area contributed by atoms with Crippen LogP contribution in [0.3, 0.4) is 0 Å². The smallest absolute Gasteiger partial charge is 0.123 e. The van der Waals surface area contributed by atoms with Gasteiger partial charge in [-0.2, -0.15) is 0 Å². The zero-order valence-electron chi connectivity index (χ0n) is 9.17. The lowest BCUT2D eigenvalue weighted by Gasteiger charge is -2.13. The van der Waals surface area contributed by atoms with Crippen molar-refractivity contribution in [1.82, 2.24) is 5.32 Å². The van der Waals surface area contributed by atoms with E-state index in [9.17, 15) is 4.39 Å². The van der Waals surface area contributed by atoms with Gasteiger partial charge in [-0.25, -0.2) is 4.39 Å². The molecular formula is C12H19FN2. The standard InChI is InChI=1S/C12H19FN2/c1-2-10(7-14)8-15-9-11-4-3-5-12(13)6-11/h3-6,10,15H,2,7-9,14H2,1H3. The van der Waals surface area contributed by atoms with Gasteiger partial charge >= 0.3 is 0 Å². The van der Waals surface area contributed by atoms with Gasteiger partial charge in [0.05, 0.1) is 0 Å². The maximum Gasteiger partial charge on any atom is 0.123 e. The lowest BCUT2D eigenvalue weighted by Crippen LogP contribution is -2.27. The van der Waals surface area contributed by atoms with E-state index in [2.05, 4.69) is 12.2 Å². The predicted molar refractivity (Wildman–Crippen MR) is 60.9 cm³/mol. The summed E-state index contributed by atoms with van der Waals surface area (Å²) in [5.41, 5.74) is 6.56. The molecule has 3 heteroatoms. The number of halogens is 1. The molecule has 2 nitrogen and oxygen atoms in total. The molecule has 15 heavy (non-hydrogen) atoms. The third-order valence-corrected chi connectivity index (χ3v) is 2.56. The van der Waals surface area contributed by atoms with Crippen LogP contribution in [0.4, 0.5) is 4.39 Å². The van der Waals surface area contributed by atoms with E-state index in [0.29, 0.717) is 19.0 Å². The summed E-state index contributed by atoms with van der Waals surface area (Å²) in [6, 6.07) is 6.65. The summed E-state index contributed by atoms with van der Waals surface area (Å²) in [7, 11) is 0. The highest BCUT2D eigenvalue weighted by Crippen LogP contribution is 2.03. The Labute approximate surface area is 90.7 Å². The number of benzene rings is 1. The molecule has 0 heterocycles. The number of hydrogen-bond donors (Lipinski definition) is 2. The summed E-state index contributed by atoms with van der Waals surface area (Å²) in [6.07, 6.45) is 1.08. The molecule has 1 aromatic carbocycles. The summed E-state index contributed by atoms with van der Waals surface area (Å²) < 4.78 is 12.8. The quantitative estimate of drug-likeness (QED) is 0.752. The van der Waals surface area contributed by atoms with Gasteiger partial charge in [-0.1, -0.05) is 25.5 Å². The summed E-state index contributed by atoms with van der Waals surface area (Å²) >= 11 is 0. The van der Waals surface area contributed by atoms with Gasteiger partial charge in [0, 0.05) is 6.54 Å². The Morgan fingerprint density at radius 3 is 2.87 bits per heavy atom. The molecule has 84 valence electrons. The average Bonchev–Trinajstić information content (AvgIpc) is 2.25. The van der Waals surface area contributed by atoms with Crippen molar-refractivity contribution in [2.24, 2.45) is 11.7 Å². The van der Waals surface area contributed by atoms with Gasteiger partial charge < -0.3 is 11.1 Å². The molecule has 0 amide bonds. The topological polar surface area (TPSA) is 38.0 Å². The summed E-state index contributed by atoms with van der Waals surface area (Å²) in [5, 5.41) is 3.28. The van der Waals surface area contributed by atoms with Gasteiger partial charge in [0.2, 0.25) is 0 Å². The van der Waals surface area contributed by atoms with E-state index in [4.69, 9.17) is 5.73 Å². The minimum Gasteiger partial charge on any atom is -0.330 e. The van der Waals surface area contributed by atoms with E-state index in [-0.39, 0.29) is 5.82 Å². The van der Waals surface area contributed by atoms with Gasteiger partial charge in [0.1, 0.15) is 5.82 Å². The van der Waals surface area contributed by atoms with Gasteiger partial charge in [-0.15, -0.1) is 0 Å². The van der Waals surface area contributed by atoms with Gasteiger partial charge in [0.25, 0.3) is 0 Å². The zero-order valence-corrected chi connectivity index (χ0v) is 9.17.